The lowest BCUT2D eigenvalue weighted by molar-refractivity contribution is -0.137. The Morgan fingerprint density at radius 1 is 1.21 bits per heavy atom. The molecular formula is C17H35N3O3S. The Bertz CT molecular complexity index is 489. The summed E-state index contributed by atoms with van der Waals surface area (Å²) in [6, 6.07) is 0. The summed E-state index contributed by atoms with van der Waals surface area (Å²) in [5.41, 5.74) is 0. The lowest BCUT2D eigenvalue weighted by Crippen LogP contribution is -2.48. The Morgan fingerprint density at radius 2 is 1.83 bits per heavy atom. The van der Waals surface area contributed by atoms with E-state index in [0.717, 1.165) is 39.0 Å². The van der Waals surface area contributed by atoms with Gasteiger partial charge in [0, 0.05) is 32.7 Å². The van der Waals surface area contributed by atoms with E-state index in [0.29, 0.717) is 25.6 Å². The van der Waals surface area contributed by atoms with Crippen LogP contribution in [0.5, 0.6) is 0 Å². The molecule has 1 atom stereocenters. The van der Waals surface area contributed by atoms with Crippen LogP contribution in [0.25, 0.3) is 0 Å². The number of hydrogen-bond acceptors (Lipinski definition) is 4. The molecule has 0 saturated carbocycles. The first-order valence-corrected chi connectivity index (χ1v) is 11.0. The quantitative estimate of drug-likeness (QED) is 0.624. The van der Waals surface area contributed by atoms with Crippen LogP contribution < -0.4 is 0 Å². The first kappa shape index (κ1) is 21.4. The maximum Gasteiger partial charge on any atom is 0.227 e. The monoisotopic (exact) mass is 361 g/mol. The second kappa shape index (κ2) is 9.73. The van der Waals surface area contributed by atoms with Crippen molar-refractivity contribution in [2.75, 3.05) is 52.1 Å². The van der Waals surface area contributed by atoms with Crippen molar-refractivity contribution < 1.29 is 13.2 Å². The summed E-state index contributed by atoms with van der Waals surface area (Å²) in [5.74, 6) is 0.313. The van der Waals surface area contributed by atoms with Gasteiger partial charge in [0.05, 0.1) is 12.2 Å². The molecule has 0 N–H and O–H groups in total. The Labute approximate surface area is 148 Å². The largest absolute Gasteiger partial charge is 0.341 e. The van der Waals surface area contributed by atoms with Gasteiger partial charge in [-0.05, 0) is 31.8 Å². The molecule has 7 heteroatoms. The normalized spacial score (nSPS) is 19.9. The van der Waals surface area contributed by atoms with E-state index in [1.165, 1.54) is 10.6 Å². The number of carbonyl (C=O) groups is 1. The average molecular weight is 362 g/mol. The molecule has 1 heterocycles. The summed E-state index contributed by atoms with van der Waals surface area (Å²) in [7, 11) is -3.22. The minimum absolute atomic E-state index is 0.115. The number of likely N-dealkylation sites (N-methyl/N-ethyl adjacent to an activating group) is 1. The highest BCUT2D eigenvalue weighted by Gasteiger charge is 2.32. The summed E-state index contributed by atoms with van der Waals surface area (Å²) in [4.78, 5) is 17.2. The van der Waals surface area contributed by atoms with E-state index in [1.807, 2.05) is 4.90 Å². The van der Waals surface area contributed by atoms with Crippen LogP contribution in [0, 0.1) is 11.8 Å². The van der Waals surface area contributed by atoms with Crippen LogP contribution in [0.3, 0.4) is 0 Å². The van der Waals surface area contributed by atoms with Gasteiger partial charge in [-0.25, -0.2) is 12.7 Å². The molecule has 0 bridgehead atoms. The van der Waals surface area contributed by atoms with Crippen molar-refractivity contribution >= 4 is 15.9 Å². The molecule has 1 aliphatic rings. The van der Waals surface area contributed by atoms with Crippen LogP contribution in [0.2, 0.25) is 0 Å². The van der Waals surface area contributed by atoms with Gasteiger partial charge in [-0.2, -0.15) is 0 Å². The Hall–Kier alpha value is -0.660. The van der Waals surface area contributed by atoms with Crippen LogP contribution in [0.1, 0.15) is 40.5 Å². The molecule has 0 aromatic heterocycles. The fraction of sp³-hybridized carbons (Fsp3) is 0.941. The van der Waals surface area contributed by atoms with Crippen molar-refractivity contribution in [2.45, 2.75) is 40.5 Å². The summed E-state index contributed by atoms with van der Waals surface area (Å²) < 4.78 is 25.0. The van der Waals surface area contributed by atoms with Crippen molar-refractivity contribution in [1.29, 1.82) is 0 Å². The number of hydrogen-bond donors (Lipinski definition) is 0. The molecule has 1 saturated heterocycles. The first-order chi connectivity index (χ1) is 11.2. The van der Waals surface area contributed by atoms with Crippen LogP contribution in [-0.2, 0) is 14.8 Å². The maximum absolute atomic E-state index is 13.0. The van der Waals surface area contributed by atoms with E-state index in [2.05, 4.69) is 32.6 Å². The van der Waals surface area contributed by atoms with Crippen molar-refractivity contribution in [3.05, 3.63) is 0 Å². The molecule has 0 radical (unpaired) electrons. The number of sulfonamides is 1. The van der Waals surface area contributed by atoms with Crippen LogP contribution in [-0.4, -0.2) is 80.5 Å². The van der Waals surface area contributed by atoms with Gasteiger partial charge < -0.3 is 9.80 Å². The SMILES string of the molecule is CCN(CC)CCN(CC(C)C)C(=O)C1CCCN(S(C)(=O)=O)C1. The lowest BCUT2D eigenvalue weighted by atomic mass is 9.97. The third-order valence-corrected chi connectivity index (χ3v) is 5.95. The highest BCUT2D eigenvalue weighted by molar-refractivity contribution is 7.88. The van der Waals surface area contributed by atoms with Crippen LogP contribution in [0.4, 0.5) is 0 Å². The summed E-state index contributed by atoms with van der Waals surface area (Å²) in [5, 5.41) is 0. The van der Waals surface area contributed by atoms with E-state index in [-0.39, 0.29) is 11.8 Å². The molecule has 0 aliphatic carbocycles. The summed E-state index contributed by atoms with van der Waals surface area (Å²) >= 11 is 0. The van der Waals surface area contributed by atoms with Gasteiger partial charge in [0.25, 0.3) is 0 Å². The van der Waals surface area contributed by atoms with E-state index >= 15 is 0 Å². The molecule has 1 aliphatic heterocycles. The average Bonchev–Trinajstić information content (AvgIpc) is 2.53. The zero-order valence-corrected chi connectivity index (χ0v) is 16.8. The van der Waals surface area contributed by atoms with Gasteiger partial charge in [0.2, 0.25) is 15.9 Å². The number of carbonyl (C=O) groups excluding carboxylic acids is 1. The van der Waals surface area contributed by atoms with Crippen molar-refractivity contribution in [2.24, 2.45) is 11.8 Å². The number of rotatable bonds is 9. The predicted octanol–water partition coefficient (Wildman–Crippen LogP) is 1.48. The first-order valence-electron chi connectivity index (χ1n) is 9.15. The molecule has 0 aromatic carbocycles. The maximum atomic E-state index is 13.0. The molecule has 1 amide bonds. The van der Waals surface area contributed by atoms with Gasteiger partial charge >= 0.3 is 0 Å². The molecule has 0 spiro atoms. The zero-order chi connectivity index (χ0) is 18.3. The van der Waals surface area contributed by atoms with E-state index in [1.54, 1.807) is 0 Å². The molecule has 0 aromatic rings. The molecule has 142 valence electrons. The summed E-state index contributed by atoms with van der Waals surface area (Å²) in [6.45, 7) is 13.6. The Morgan fingerprint density at radius 3 is 2.33 bits per heavy atom. The standard InChI is InChI=1S/C17H35N3O3S/c1-6-18(7-2)11-12-19(13-15(3)4)17(21)16-9-8-10-20(14-16)24(5,22)23/h15-16H,6-14H2,1-5H3. The molecule has 1 fully saturated rings. The number of amides is 1. The Balaban J connectivity index is 2.75. The van der Waals surface area contributed by atoms with Gasteiger partial charge in [-0.15, -0.1) is 0 Å². The topological polar surface area (TPSA) is 60.9 Å². The van der Waals surface area contributed by atoms with Gasteiger partial charge in [0.1, 0.15) is 0 Å². The minimum Gasteiger partial charge on any atom is -0.341 e. The number of nitrogens with zero attached hydrogens (tertiary/aromatic N) is 3. The van der Waals surface area contributed by atoms with Gasteiger partial charge in [-0.3, -0.25) is 4.79 Å². The molecule has 1 rings (SSSR count). The van der Waals surface area contributed by atoms with E-state index in [4.69, 9.17) is 0 Å². The van der Waals surface area contributed by atoms with Crippen molar-refractivity contribution in [1.82, 2.24) is 14.1 Å². The molecular weight excluding hydrogens is 326 g/mol. The van der Waals surface area contributed by atoms with Gasteiger partial charge in [-0.1, -0.05) is 27.7 Å². The smallest absolute Gasteiger partial charge is 0.227 e. The molecule has 24 heavy (non-hydrogen) atoms. The molecule has 1 unspecified atom stereocenters. The third-order valence-electron chi connectivity index (χ3n) is 4.68. The lowest BCUT2D eigenvalue weighted by Gasteiger charge is -2.35. The molecule has 6 nitrogen and oxygen atoms in total. The van der Waals surface area contributed by atoms with Gasteiger partial charge in [0.15, 0.2) is 0 Å². The number of piperidine rings is 1. The van der Waals surface area contributed by atoms with Crippen molar-refractivity contribution in [3.63, 3.8) is 0 Å². The second-order valence-electron chi connectivity index (χ2n) is 7.17. The van der Waals surface area contributed by atoms with Crippen LogP contribution in [0.15, 0.2) is 0 Å². The highest BCUT2D eigenvalue weighted by atomic mass is 32.2. The highest BCUT2D eigenvalue weighted by Crippen LogP contribution is 2.21. The van der Waals surface area contributed by atoms with Crippen molar-refractivity contribution in [3.8, 4) is 0 Å². The zero-order valence-electron chi connectivity index (χ0n) is 16.0. The van der Waals surface area contributed by atoms with E-state index in [9.17, 15) is 13.2 Å². The third kappa shape index (κ3) is 6.69. The predicted molar refractivity (Wildman–Crippen MR) is 98.3 cm³/mol. The second-order valence-corrected chi connectivity index (χ2v) is 9.15. The van der Waals surface area contributed by atoms with E-state index < -0.39 is 10.0 Å². The fourth-order valence-electron chi connectivity index (χ4n) is 3.24. The van der Waals surface area contributed by atoms with Crippen LogP contribution >= 0.6 is 0 Å². The minimum atomic E-state index is -3.22. The summed E-state index contributed by atoms with van der Waals surface area (Å²) in [6.07, 6.45) is 2.77. The fourth-order valence-corrected chi connectivity index (χ4v) is 4.15. The Kier molecular flexibility index (Phi) is 8.67.